The molecule has 156 valence electrons. The van der Waals surface area contributed by atoms with Crippen LogP contribution in [0.1, 0.15) is 29.9 Å². The lowest BCUT2D eigenvalue weighted by molar-refractivity contribution is -0.145. The lowest BCUT2D eigenvalue weighted by atomic mass is 9.94. The van der Waals surface area contributed by atoms with Gasteiger partial charge in [-0.3, -0.25) is 9.59 Å². The highest BCUT2D eigenvalue weighted by Gasteiger charge is 2.39. The number of ether oxygens (including phenoxy) is 1. The van der Waals surface area contributed by atoms with Crippen molar-refractivity contribution in [1.29, 1.82) is 0 Å². The molecule has 1 atom stereocenters. The van der Waals surface area contributed by atoms with Crippen molar-refractivity contribution in [2.75, 3.05) is 32.1 Å². The van der Waals surface area contributed by atoms with Crippen molar-refractivity contribution in [3.8, 4) is 5.75 Å². The van der Waals surface area contributed by atoms with Gasteiger partial charge in [0.25, 0.3) is 5.91 Å². The Morgan fingerprint density at radius 1 is 1.23 bits per heavy atom. The first-order valence-electron chi connectivity index (χ1n) is 9.73. The van der Waals surface area contributed by atoms with Gasteiger partial charge >= 0.3 is 0 Å². The summed E-state index contributed by atoms with van der Waals surface area (Å²) in [6, 6.07) is 8.86. The fraction of sp³-hybridized carbons (Fsp3) is 0.318. The Kier molecular flexibility index (Phi) is 5.72. The molecule has 1 saturated heterocycles. The zero-order chi connectivity index (χ0) is 21.3. The Balaban J connectivity index is 1.48. The number of anilines is 1. The number of nitrogens with one attached hydrogen (secondary N) is 1. The molecule has 0 aliphatic carbocycles. The first-order valence-corrected chi connectivity index (χ1v) is 10.1. The van der Waals surface area contributed by atoms with E-state index in [9.17, 15) is 14.0 Å². The number of ketones is 1. The molecule has 1 amide bonds. The minimum absolute atomic E-state index is 0.234. The molecule has 1 N–H and O–H groups in total. The highest BCUT2D eigenvalue weighted by atomic mass is 35.5. The van der Waals surface area contributed by atoms with Gasteiger partial charge < -0.3 is 15.0 Å². The van der Waals surface area contributed by atoms with Crippen LogP contribution in [0.3, 0.4) is 0 Å². The standard InChI is InChI=1S/C22H21ClFN3O3/c1-30-16-12-26-21(23)19-17(16)15(11-25-19)20(28)22(29)27-9-7-14(8-10-27)18(24)13-5-3-2-4-6-13/h2-6,12,15,25H,7-11H2,1H3. The van der Waals surface area contributed by atoms with E-state index < -0.39 is 17.6 Å². The maximum Gasteiger partial charge on any atom is 0.290 e. The van der Waals surface area contributed by atoms with E-state index in [4.69, 9.17) is 16.3 Å². The predicted octanol–water partition coefficient (Wildman–Crippen LogP) is 3.83. The van der Waals surface area contributed by atoms with Crippen molar-refractivity contribution in [3.63, 3.8) is 0 Å². The van der Waals surface area contributed by atoms with Gasteiger partial charge in [0.2, 0.25) is 5.78 Å². The third-order valence-electron chi connectivity index (χ3n) is 5.61. The zero-order valence-electron chi connectivity index (χ0n) is 16.5. The number of methoxy groups -OCH3 is 1. The van der Waals surface area contributed by atoms with E-state index in [1.54, 1.807) is 24.3 Å². The molecule has 0 bridgehead atoms. The first-order chi connectivity index (χ1) is 14.5. The number of pyridine rings is 1. The van der Waals surface area contributed by atoms with Gasteiger partial charge in [-0.05, 0) is 18.4 Å². The molecule has 2 aliphatic rings. The summed E-state index contributed by atoms with van der Waals surface area (Å²) in [4.78, 5) is 31.4. The molecule has 2 aromatic rings. The number of rotatable bonds is 4. The number of hydrogen-bond donors (Lipinski definition) is 1. The minimum atomic E-state index is -0.694. The Morgan fingerprint density at radius 2 is 1.93 bits per heavy atom. The van der Waals surface area contributed by atoms with Crippen LogP contribution in [-0.4, -0.2) is 48.3 Å². The number of aromatic nitrogens is 1. The van der Waals surface area contributed by atoms with E-state index in [0.717, 1.165) is 0 Å². The van der Waals surface area contributed by atoms with Gasteiger partial charge in [0.1, 0.15) is 11.6 Å². The number of benzene rings is 1. The van der Waals surface area contributed by atoms with E-state index >= 15 is 0 Å². The summed E-state index contributed by atoms with van der Waals surface area (Å²) in [5.74, 6) is -1.61. The molecule has 6 nitrogen and oxygen atoms in total. The summed E-state index contributed by atoms with van der Waals surface area (Å²) in [6.45, 7) is 0.867. The number of halogens is 2. The summed E-state index contributed by atoms with van der Waals surface area (Å²) in [7, 11) is 1.48. The van der Waals surface area contributed by atoms with Crippen LogP contribution in [0.15, 0.2) is 42.1 Å². The molecule has 0 saturated carbocycles. The average molecular weight is 430 g/mol. The van der Waals surface area contributed by atoms with Gasteiger partial charge in [-0.25, -0.2) is 9.37 Å². The fourth-order valence-electron chi connectivity index (χ4n) is 3.98. The Hall–Kier alpha value is -2.93. The van der Waals surface area contributed by atoms with Crippen LogP contribution < -0.4 is 10.1 Å². The van der Waals surface area contributed by atoms with Gasteiger partial charge in [0.05, 0.1) is 24.9 Å². The van der Waals surface area contributed by atoms with Crippen LogP contribution in [0.5, 0.6) is 5.75 Å². The summed E-state index contributed by atoms with van der Waals surface area (Å²) >= 11 is 6.12. The fourth-order valence-corrected chi connectivity index (χ4v) is 4.20. The third-order valence-corrected chi connectivity index (χ3v) is 5.89. The molecule has 3 heterocycles. The van der Waals surface area contributed by atoms with Gasteiger partial charge in [-0.15, -0.1) is 0 Å². The molecule has 2 aliphatic heterocycles. The Labute approximate surface area is 178 Å². The Morgan fingerprint density at radius 3 is 2.60 bits per heavy atom. The second-order valence-corrected chi connectivity index (χ2v) is 7.64. The molecule has 30 heavy (non-hydrogen) atoms. The quantitative estimate of drug-likeness (QED) is 0.591. The summed E-state index contributed by atoms with van der Waals surface area (Å²) in [5.41, 5.74) is 2.29. The van der Waals surface area contributed by atoms with E-state index in [2.05, 4.69) is 10.3 Å². The summed E-state index contributed by atoms with van der Waals surface area (Å²) in [6.07, 6.45) is 2.25. The molecule has 1 unspecified atom stereocenters. The lowest BCUT2D eigenvalue weighted by Crippen LogP contribution is -2.42. The maximum absolute atomic E-state index is 14.7. The van der Waals surface area contributed by atoms with Crippen molar-refractivity contribution >= 4 is 34.8 Å². The van der Waals surface area contributed by atoms with E-state index in [1.165, 1.54) is 18.2 Å². The molecule has 1 fully saturated rings. The molecule has 1 aromatic carbocycles. The maximum atomic E-state index is 14.7. The number of amides is 1. The van der Waals surface area contributed by atoms with Crippen LogP contribution in [0.4, 0.5) is 10.1 Å². The second kappa shape index (κ2) is 8.44. The average Bonchev–Trinajstić information content (AvgIpc) is 3.25. The van der Waals surface area contributed by atoms with Crippen LogP contribution >= 0.6 is 11.6 Å². The number of hydrogen-bond acceptors (Lipinski definition) is 5. The topological polar surface area (TPSA) is 71.5 Å². The van der Waals surface area contributed by atoms with Gasteiger partial charge in [0.15, 0.2) is 5.15 Å². The monoisotopic (exact) mass is 429 g/mol. The number of Topliss-reactive ketones (excluding diaryl/α,β-unsaturated/α-hetero) is 1. The molecular weight excluding hydrogens is 409 g/mol. The SMILES string of the molecule is COc1cnc(Cl)c2c1C(C(=O)C(=O)N1CCC(=C(F)c3ccccc3)CC1)CN2. The minimum Gasteiger partial charge on any atom is -0.495 e. The summed E-state index contributed by atoms with van der Waals surface area (Å²) in [5, 5.41) is 3.28. The van der Waals surface area contributed by atoms with E-state index in [-0.39, 0.29) is 17.5 Å². The Bertz CT molecular complexity index is 1020. The number of likely N-dealkylation sites (tertiary alicyclic amines) is 1. The van der Waals surface area contributed by atoms with Gasteiger partial charge in [0, 0.05) is 30.8 Å². The van der Waals surface area contributed by atoms with Crippen molar-refractivity contribution in [3.05, 3.63) is 58.4 Å². The summed E-state index contributed by atoms with van der Waals surface area (Å²) < 4.78 is 20.0. The molecular formula is C22H21ClFN3O3. The smallest absolute Gasteiger partial charge is 0.290 e. The van der Waals surface area contributed by atoms with Crippen molar-refractivity contribution in [1.82, 2.24) is 9.88 Å². The number of nitrogens with zero attached hydrogens (tertiary/aromatic N) is 2. The molecule has 0 radical (unpaired) electrons. The van der Waals surface area contributed by atoms with E-state index in [0.29, 0.717) is 54.1 Å². The second-order valence-electron chi connectivity index (χ2n) is 7.28. The van der Waals surface area contributed by atoms with E-state index in [1.807, 2.05) is 6.07 Å². The number of carbonyl (C=O) groups excluding carboxylic acids is 2. The van der Waals surface area contributed by atoms with Crippen LogP contribution in [0.25, 0.3) is 5.83 Å². The van der Waals surface area contributed by atoms with Crippen molar-refractivity contribution < 1.29 is 18.7 Å². The van der Waals surface area contributed by atoms with Gasteiger partial charge in [-0.1, -0.05) is 41.9 Å². The normalized spacial score (nSPS) is 17.9. The van der Waals surface area contributed by atoms with Crippen LogP contribution in [0, 0.1) is 0 Å². The third kappa shape index (κ3) is 3.65. The first kappa shape index (κ1) is 20.3. The van der Waals surface area contributed by atoms with Crippen LogP contribution in [-0.2, 0) is 9.59 Å². The van der Waals surface area contributed by atoms with Crippen LogP contribution in [0.2, 0.25) is 5.15 Å². The highest BCUT2D eigenvalue weighted by Crippen LogP contribution is 2.42. The number of carbonyl (C=O) groups is 2. The van der Waals surface area contributed by atoms with Gasteiger partial charge in [-0.2, -0.15) is 0 Å². The lowest BCUT2D eigenvalue weighted by Gasteiger charge is -2.29. The largest absolute Gasteiger partial charge is 0.495 e. The molecule has 8 heteroatoms. The molecule has 0 spiro atoms. The molecule has 1 aromatic heterocycles. The van der Waals surface area contributed by atoms with Crippen molar-refractivity contribution in [2.45, 2.75) is 18.8 Å². The molecule has 4 rings (SSSR count). The van der Waals surface area contributed by atoms with Crippen molar-refractivity contribution in [2.24, 2.45) is 0 Å². The highest BCUT2D eigenvalue weighted by molar-refractivity contribution is 6.39. The zero-order valence-corrected chi connectivity index (χ0v) is 17.2. The number of fused-ring (bicyclic) bond motifs is 1. The number of piperidine rings is 1. The predicted molar refractivity (Wildman–Crippen MR) is 112 cm³/mol.